The Kier molecular flexibility index (Phi) is 4.63. The highest BCUT2D eigenvalue weighted by molar-refractivity contribution is 5.89. The Labute approximate surface area is 131 Å². The van der Waals surface area contributed by atoms with Crippen molar-refractivity contribution in [3.63, 3.8) is 0 Å². The molecule has 0 bridgehead atoms. The second-order valence-corrected chi connectivity index (χ2v) is 5.21. The van der Waals surface area contributed by atoms with Gasteiger partial charge in [-0.2, -0.15) is 18.3 Å². The molecule has 1 atom stereocenters. The lowest BCUT2D eigenvalue weighted by Gasteiger charge is -2.15. The van der Waals surface area contributed by atoms with Gasteiger partial charge in [0.15, 0.2) is 0 Å². The molecule has 0 aliphatic carbocycles. The van der Waals surface area contributed by atoms with Crippen LogP contribution in [-0.2, 0) is 13.2 Å². The normalized spacial score (nSPS) is 12.8. The zero-order valence-electron chi connectivity index (χ0n) is 12.9. The number of hydrogen-bond donors (Lipinski definition) is 2. The van der Waals surface area contributed by atoms with Gasteiger partial charge in [0, 0.05) is 24.0 Å². The topological polar surface area (TPSA) is 59.0 Å². The average molecular weight is 326 g/mol. The van der Waals surface area contributed by atoms with Gasteiger partial charge in [0.2, 0.25) is 0 Å². The van der Waals surface area contributed by atoms with Crippen LogP contribution < -0.4 is 10.6 Å². The second-order valence-electron chi connectivity index (χ2n) is 5.21. The third-order valence-corrected chi connectivity index (χ3v) is 3.54. The number of anilines is 1. The summed E-state index contributed by atoms with van der Waals surface area (Å²) in [6.07, 6.45) is -2.81. The van der Waals surface area contributed by atoms with E-state index in [0.717, 1.165) is 23.4 Å². The molecular formula is C15H17F3N4O. The predicted molar refractivity (Wildman–Crippen MR) is 80.0 cm³/mol. The first-order valence-corrected chi connectivity index (χ1v) is 6.91. The van der Waals surface area contributed by atoms with Crippen LogP contribution in [-0.4, -0.2) is 15.8 Å². The molecule has 23 heavy (non-hydrogen) atoms. The molecule has 2 amide bonds. The van der Waals surface area contributed by atoms with E-state index in [4.69, 9.17) is 0 Å². The Morgan fingerprint density at radius 3 is 2.61 bits per heavy atom. The number of hydrogen-bond acceptors (Lipinski definition) is 2. The van der Waals surface area contributed by atoms with Crippen molar-refractivity contribution in [3.8, 4) is 0 Å². The maximum Gasteiger partial charge on any atom is 0.416 e. The summed E-state index contributed by atoms with van der Waals surface area (Å²) < 4.78 is 39.6. The van der Waals surface area contributed by atoms with E-state index in [2.05, 4.69) is 15.7 Å². The van der Waals surface area contributed by atoms with Gasteiger partial charge in [-0.05, 0) is 32.0 Å². The van der Waals surface area contributed by atoms with Gasteiger partial charge >= 0.3 is 12.2 Å². The molecule has 0 saturated heterocycles. The first-order valence-electron chi connectivity index (χ1n) is 6.91. The summed E-state index contributed by atoms with van der Waals surface area (Å²) in [7, 11) is 1.79. The number of benzene rings is 1. The van der Waals surface area contributed by atoms with Crippen molar-refractivity contribution < 1.29 is 18.0 Å². The highest BCUT2D eigenvalue weighted by atomic mass is 19.4. The molecule has 1 aromatic heterocycles. The minimum Gasteiger partial charge on any atom is -0.331 e. The smallest absolute Gasteiger partial charge is 0.331 e. The van der Waals surface area contributed by atoms with E-state index >= 15 is 0 Å². The lowest BCUT2D eigenvalue weighted by molar-refractivity contribution is -0.137. The third-order valence-electron chi connectivity index (χ3n) is 3.54. The number of rotatable bonds is 3. The first-order chi connectivity index (χ1) is 10.7. The van der Waals surface area contributed by atoms with Crippen LogP contribution in [0, 0.1) is 6.92 Å². The van der Waals surface area contributed by atoms with Crippen LogP contribution >= 0.6 is 0 Å². The molecule has 2 rings (SSSR count). The van der Waals surface area contributed by atoms with Crippen molar-refractivity contribution in [2.75, 3.05) is 5.32 Å². The number of nitrogens with zero attached hydrogens (tertiary/aromatic N) is 2. The van der Waals surface area contributed by atoms with Gasteiger partial charge in [-0.3, -0.25) is 4.68 Å². The average Bonchev–Trinajstić information content (AvgIpc) is 2.78. The summed E-state index contributed by atoms with van der Waals surface area (Å²) in [6.45, 7) is 3.64. The van der Waals surface area contributed by atoms with Crippen LogP contribution in [0.3, 0.4) is 0 Å². The summed E-state index contributed by atoms with van der Waals surface area (Å²) in [5.74, 6) is 0. The summed E-state index contributed by atoms with van der Waals surface area (Å²) in [6, 6.07) is 3.57. The Balaban J connectivity index is 2.04. The molecule has 1 unspecified atom stereocenters. The maximum atomic E-state index is 12.6. The van der Waals surface area contributed by atoms with Gasteiger partial charge in [-0.1, -0.05) is 6.07 Å². The highest BCUT2D eigenvalue weighted by Gasteiger charge is 2.30. The molecule has 0 spiro atoms. The van der Waals surface area contributed by atoms with Crippen LogP contribution in [0.2, 0.25) is 0 Å². The van der Waals surface area contributed by atoms with Crippen LogP contribution in [0.25, 0.3) is 0 Å². The number of aryl methyl sites for hydroxylation is 1. The van der Waals surface area contributed by atoms with Crippen molar-refractivity contribution in [3.05, 3.63) is 47.3 Å². The molecule has 0 aliphatic rings. The van der Waals surface area contributed by atoms with Crippen molar-refractivity contribution in [1.82, 2.24) is 15.1 Å². The SMILES string of the molecule is Cc1c(C(C)NC(=O)Nc2cccc(C(F)(F)F)c2)cnn1C. The lowest BCUT2D eigenvalue weighted by atomic mass is 10.1. The van der Waals surface area contributed by atoms with Crippen molar-refractivity contribution in [1.29, 1.82) is 0 Å². The summed E-state index contributed by atoms with van der Waals surface area (Å²) >= 11 is 0. The van der Waals surface area contributed by atoms with E-state index in [1.165, 1.54) is 12.1 Å². The fourth-order valence-corrected chi connectivity index (χ4v) is 2.16. The summed E-state index contributed by atoms with van der Waals surface area (Å²) in [5.41, 5.74) is 1.00. The molecule has 124 valence electrons. The molecule has 8 heteroatoms. The monoisotopic (exact) mass is 326 g/mol. The molecule has 2 N–H and O–H groups in total. The standard InChI is InChI=1S/C15H17F3N4O/c1-9(13-8-19-22(3)10(13)2)20-14(23)21-12-6-4-5-11(7-12)15(16,17)18/h4-9H,1-3H3,(H2,20,21,23). The van der Waals surface area contributed by atoms with Gasteiger partial charge in [0.25, 0.3) is 0 Å². The highest BCUT2D eigenvalue weighted by Crippen LogP contribution is 2.30. The largest absolute Gasteiger partial charge is 0.416 e. The van der Waals surface area contributed by atoms with Crippen molar-refractivity contribution in [2.24, 2.45) is 7.05 Å². The number of amides is 2. The summed E-state index contributed by atoms with van der Waals surface area (Å²) in [5, 5.41) is 9.16. The Morgan fingerprint density at radius 1 is 1.35 bits per heavy atom. The lowest BCUT2D eigenvalue weighted by Crippen LogP contribution is -2.31. The van der Waals surface area contributed by atoms with Crippen molar-refractivity contribution in [2.45, 2.75) is 26.1 Å². The van der Waals surface area contributed by atoms with Crippen molar-refractivity contribution >= 4 is 11.7 Å². The quantitative estimate of drug-likeness (QED) is 0.905. The maximum absolute atomic E-state index is 12.6. The molecule has 1 aromatic carbocycles. The van der Waals surface area contributed by atoms with E-state index in [9.17, 15) is 18.0 Å². The number of halogens is 3. The van der Waals surface area contributed by atoms with Gasteiger partial charge in [-0.25, -0.2) is 4.79 Å². The third kappa shape index (κ3) is 4.02. The van der Waals surface area contributed by atoms with Gasteiger partial charge in [-0.15, -0.1) is 0 Å². The molecule has 0 aliphatic heterocycles. The summed E-state index contributed by atoms with van der Waals surface area (Å²) in [4.78, 5) is 11.9. The molecule has 2 aromatic rings. The van der Waals surface area contributed by atoms with E-state index in [1.807, 2.05) is 6.92 Å². The van der Waals surface area contributed by atoms with Crippen LogP contribution in [0.1, 0.15) is 29.8 Å². The fourth-order valence-electron chi connectivity index (χ4n) is 2.16. The molecule has 0 fully saturated rings. The fraction of sp³-hybridized carbons (Fsp3) is 0.333. The zero-order chi connectivity index (χ0) is 17.2. The van der Waals surface area contributed by atoms with E-state index < -0.39 is 17.8 Å². The first kappa shape index (κ1) is 16.9. The number of carbonyl (C=O) groups excluding carboxylic acids is 1. The van der Waals surface area contributed by atoms with E-state index in [-0.39, 0.29) is 11.7 Å². The number of aromatic nitrogens is 2. The van der Waals surface area contributed by atoms with Crippen LogP contribution in [0.4, 0.5) is 23.7 Å². The van der Waals surface area contributed by atoms with Crippen LogP contribution in [0.5, 0.6) is 0 Å². The molecule has 0 saturated carbocycles. The minimum atomic E-state index is -4.45. The molecule has 0 radical (unpaired) electrons. The molecule has 1 heterocycles. The van der Waals surface area contributed by atoms with E-state index in [1.54, 1.807) is 24.9 Å². The number of carbonyl (C=O) groups is 1. The number of urea groups is 1. The van der Waals surface area contributed by atoms with Gasteiger partial charge < -0.3 is 10.6 Å². The Morgan fingerprint density at radius 2 is 2.04 bits per heavy atom. The number of nitrogens with one attached hydrogen (secondary N) is 2. The van der Waals surface area contributed by atoms with Crippen LogP contribution in [0.15, 0.2) is 30.5 Å². The van der Waals surface area contributed by atoms with Gasteiger partial charge in [0.05, 0.1) is 17.8 Å². The Bertz CT molecular complexity index is 709. The van der Waals surface area contributed by atoms with E-state index in [0.29, 0.717) is 0 Å². The van der Waals surface area contributed by atoms with Gasteiger partial charge in [0.1, 0.15) is 0 Å². The number of alkyl halides is 3. The second kappa shape index (κ2) is 6.31. The molecule has 5 nitrogen and oxygen atoms in total. The molecular weight excluding hydrogens is 309 g/mol. The zero-order valence-corrected chi connectivity index (χ0v) is 12.9. The Hall–Kier alpha value is -2.51. The minimum absolute atomic E-state index is 0.0763. The predicted octanol–water partition coefficient (Wildman–Crippen LogP) is 3.63.